The number of sulfonamides is 1. The molecule has 0 aliphatic carbocycles. The highest BCUT2D eigenvalue weighted by atomic mass is 32.2. The molecule has 0 spiro atoms. The predicted octanol–water partition coefficient (Wildman–Crippen LogP) is 3.52. The average molecular weight is 379 g/mol. The van der Waals surface area contributed by atoms with Crippen LogP contribution in [0.4, 0.5) is 0 Å². The number of amides is 1. The Hall–Kier alpha value is -1.66. The maximum Gasteiger partial charge on any atom is 0.247 e. The molecule has 2 rings (SSSR count). The molecule has 2 unspecified atom stereocenters. The molecule has 1 saturated heterocycles. The lowest BCUT2D eigenvalue weighted by molar-refractivity contribution is -0.131. The Morgan fingerprint density at radius 3 is 2.15 bits per heavy atom. The van der Waals surface area contributed by atoms with Crippen molar-refractivity contribution in [3.05, 3.63) is 35.9 Å². The third kappa shape index (κ3) is 4.54. The van der Waals surface area contributed by atoms with E-state index in [4.69, 9.17) is 0 Å². The predicted molar refractivity (Wildman–Crippen MR) is 105 cm³/mol. The molecule has 1 aliphatic heterocycles. The standard InChI is InChI=1S/C20H30N2O3S/c1-5-21(6-2)26(24,25)19-13-10-18(11-14-19)12-15-20(23)22-16(3)8-7-9-17(22)4/h10-17H,5-9H2,1-4H3/b15-12+. The van der Waals surface area contributed by atoms with Gasteiger partial charge in [-0.3, -0.25) is 4.79 Å². The fourth-order valence-electron chi connectivity index (χ4n) is 3.57. The van der Waals surface area contributed by atoms with Gasteiger partial charge in [0.2, 0.25) is 15.9 Å². The minimum absolute atomic E-state index is 0.0181. The first-order valence-corrected chi connectivity index (χ1v) is 10.9. The summed E-state index contributed by atoms with van der Waals surface area (Å²) < 4.78 is 26.4. The van der Waals surface area contributed by atoms with Gasteiger partial charge in [-0.1, -0.05) is 26.0 Å². The van der Waals surface area contributed by atoms with Gasteiger partial charge in [0, 0.05) is 31.2 Å². The first-order valence-electron chi connectivity index (χ1n) is 9.41. The second-order valence-electron chi connectivity index (χ2n) is 6.87. The Bertz CT molecular complexity index is 727. The molecule has 1 heterocycles. The third-order valence-corrected chi connectivity index (χ3v) is 7.15. The van der Waals surface area contributed by atoms with Crippen molar-refractivity contribution in [1.82, 2.24) is 9.21 Å². The highest BCUT2D eigenvalue weighted by Gasteiger charge is 2.27. The van der Waals surface area contributed by atoms with Crippen molar-refractivity contribution < 1.29 is 13.2 Å². The molecule has 6 heteroatoms. The summed E-state index contributed by atoms with van der Waals surface area (Å²) in [6, 6.07) is 7.20. The van der Waals surface area contributed by atoms with Gasteiger partial charge in [-0.15, -0.1) is 0 Å². The van der Waals surface area contributed by atoms with Crippen molar-refractivity contribution in [2.24, 2.45) is 0 Å². The van der Waals surface area contributed by atoms with E-state index in [0.717, 1.165) is 24.8 Å². The highest BCUT2D eigenvalue weighted by Crippen LogP contribution is 2.23. The van der Waals surface area contributed by atoms with E-state index in [1.807, 2.05) is 18.7 Å². The van der Waals surface area contributed by atoms with Crippen LogP contribution >= 0.6 is 0 Å². The zero-order valence-electron chi connectivity index (χ0n) is 16.2. The van der Waals surface area contributed by atoms with Gasteiger partial charge in [0.15, 0.2) is 0 Å². The van der Waals surface area contributed by atoms with Gasteiger partial charge < -0.3 is 4.90 Å². The number of carbonyl (C=O) groups is 1. The SMILES string of the molecule is CCN(CC)S(=O)(=O)c1ccc(/C=C/C(=O)N2C(C)CCCC2C)cc1. The van der Waals surface area contributed by atoms with Crippen LogP contribution in [0.3, 0.4) is 0 Å². The normalized spacial score (nSPS) is 21.5. The lowest BCUT2D eigenvalue weighted by Crippen LogP contribution is -2.46. The van der Waals surface area contributed by atoms with E-state index in [9.17, 15) is 13.2 Å². The summed E-state index contributed by atoms with van der Waals surface area (Å²) in [6.45, 7) is 8.73. The lowest BCUT2D eigenvalue weighted by Gasteiger charge is -2.38. The Balaban J connectivity index is 2.11. The van der Waals surface area contributed by atoms with Crippen molar-refractivity contribution in [1.29, 1.82) is 0 Å². The van der Waals surface area contributed by atoms with Crippen LogP contribution in [-0.4, -0.2) is 48.7 Å². The summed E-state index contributed by atoms with van der Waals surface area (Å²) in [5.74, 6) is 0.0181. The molecule has 2 atom stereocenters. The Kier molecular flexibility index (Phi) is 7.01. The minimum Gasteiger partial charge on any atom is -0.334 e. The number of benzene rings is 1. The van der Waals surface area contributed by atoms with E-state index in [-0.39, 0.29) is 22.9 Å². The quantitative estimate of drug-likeness (QED) is 0.712. The van der Waals surface area contributed by atoms with Crippen LogP contribution < -0.4 is 0 Å². The van der Waals surface area contributed by atoms with Crippen molar-refractivity contribution in [3.8, 4) is 0 Å². The first-order chi connectivity index (χ1) is 12.3. The maximum atomic E-state index is 12.5. The first kappa shape index (κ1) is 20.6. The molecule has 1 aromatic carbocycles. The number of hydrogen-bond acceptors (Lipinski definition) is 3. The van der Waals surface area contributed by atoms with Crippen LogP contribution in [0.15, 0.2) is 35.2 Å². The van der Waals surface area contributed by atoms with E-state index < -0.39 is 10.0 Å². The summed E-state index contributed by atoms with van der Waals surface area (Å²) >= 11 is 0. The summed E-state index contributed by atoms with van der Waals surface area (Å²) in [5, 5.41) is 0. The second kappa shape index (κ2) is 8.82. The Morgan fingerprint density at radius 1 is 1.12 bits per heavy atom. The summed E-state index contributed by atoms with van der Waals surface area (Å²) in [5.41, 5.74) is 0.814. The van der Waals surface area contributed by atoms with Crippen LogP contribution in [0.25, 0.3) is 6.08 Å². The fraction of sp³-hybridized carbons (Fsp3) is 0.550. The van der Waals surface area contributed by atoms with Gasteiger partial charge in [0.1, 0.15) is 0 Å². The number of piperidine rings is 1. The van der Waals surface area contributed by atoms with Crippen molar-refractivity contribution >= 4 is 22.0 Å². The van der Waals surface area contributed by atoms with Crippen LogP contribution in [0.5, 0.6) is 0 Å². The maximum absolute atomic E-state index is 12.5. The Labute approximate surface area is 157 Å². The average Bonchev–Trinajstić information content (AvgIpc) is 2.61. The monoisotopic (exact) mass is 378 g/mol. The summed E-state index contributed by atoms with van der Waals surface area (Å²) in [7, 11) is -3.45. The highest BCUT2D eigenvalue weighted by molar-refractivity contribution is 7.89. The summed E-state index contributed by atoms with van der Waals surface area (Å²) in [4.78, 5) is 14.7. The van der Waals surface area contributed by atoms with E-state index in [1.54, 1.807) is 36.4 Å². The lowest BCUT2D eigenvalue weighted by atomic mass is 9.97. The van der Waals surface area contributed by atoms with E-state index >= 15 is 0 Å². The fourth-order valence-corrected chi connectivity index (χ4v) is 5.03. The zero-order valence-corrected chi connectivity index (χ0v) is 17.0. The zero-order chi connectivity index (χ0) is 19.3. The molecule has 0 aromatic heterocycles. The van der Waals surface area contributed by atoms with Crippen molar-refractivity contribution in [2.45, 2.75) is 63.9 Å². The number of rotatable bonds is 6. The molecule has 1 aliphatic rings. The van der Waals surface area contributed by atoms with Crippen LogP contribution in [-0.2, 0) is 14.8 Å². The van der Waals surface area contributed by atoms with Gasteiger partial charge in [0.25, 0.3) is 0 Å². The molecule has 5 nitrogen and oxygen atoms in total. The smallest absolute Gasteiger partial charge is 0.247 e. The summed E-state index contributed by atoms with van der Waals surface area (Å²) in [6.07, 6.45) is 6.60. The van der Waals surface area contributed by atoms with Crippen LogP contribution in [0, 0.1) is 0 Å². The Morgan fingerprint density at radius 2 is 1.65 bits per heavy atom. The molecule has 1 aromatic rings. The van der Waals surface area contributed by atoms with Gasteiger partial charge in [-0.2, -0.15) is 4.31 Å². The molecular weight excluding hydrogens is 348 g/mol. The molecule has 1 fully saturated rings. The largest absolute Gasteiger partial charge is 0.334 e. The molecule has 144 valence electrons. The van der Waals surface area contributed by atoms with E-state index in [1.165, 1.54) is 4.31 Å². The number of nitrogens with zero attached hydrogens (tertiary/aromatic N) is 2. The number of likely N-dealkylation sites (tertiary alicyclic amines) is 1. The number of carbonyl (C=O) groups excluding carboxylic acids is 1. The molecular formula is C20H30N2O3S. The molecule has 0 radical (unpaired) electrons. The topological polar surface area (TPSA) is 57.7 Å². The number of hydrogen-bond donors (Lipinski definition) is 0. The van der Waals surface area contributed by atoms with Crippen LogP contribution in [0.2, 0.25) is 0 Å². The van der Waals surface area contributed by atoms with Gasteiger partial charge >= 0.3 is 0 Å². The van der Waals surface area contributed by atoms with E-state index in [2.05, 4.69) is 13.8 Å². The van der Waals surface area contributed by atoms with Gasteiger partial charge in [-0.05, 0) is 56.9 Å². The third-order valence-electron chi connectivity index (χ3n) is 5.09. The molecule has 1 amide bonds. The minimum atomic E-state index is -3.45. The second-order valence-corrected chi connectivity index (χ2v) is 8.80. The van der Waals surface area contributed by atoms with E-state index in [0.29, 0.717) is 13.1 Å². The van der Waals surface area contributed by atoms with Crippen LogP contribution in [0.1, 0.15) is 52.5 Å². The molecule has 0 bridgehead atoms. The van der Waals surface area contributed by atoms with Gasteiger partial charge in [-0.25, -0.2) is 8.42 Å². The van der Waals surface area contributed by atoms with Crippen molar-refractivity contribution in [2.75, 3.05) is 13.1 Å². The molecule has 26 heavy (non-hydrogen) atoms. The molecule has 0 saturated carbocycles. The van der Waals surface area contributed by atoms with Gasteiger partial charge in [0.05, 0.1) is 4.90 Å². The molecule has 0 N–H and O–H groups in total. The van der Waals surface area contributed by atoms with Crippen molar-refractivity contribution in [3.63, 3.8) is 0 Å².